The van der Waals surface area contributed by atoms with Crippen molar-refractivity contribution in [3.05, 3.63) is 17.0 Å². The van der Waals surface area contributed by atoms with Gasteiger partial charge in [0.15, 0.2) is 0 Å². The lowest BCUT2D eigenvalue weighted by Gasteiger charge is -2.33. The molecule has 0 aromatic carbocycles. The van der Waals surface area contributed by atoms with Crippen LogP contribution in [0.2, 0.25) is 0 Å². The van der Waals surface area contributed by atoms with Crippen molar-refractivity contribution in [1.82, 2.24) is 10.0 Å². The minimum absolute atomic E-state index is 0.387. The van der Waals surface area contributed by atoms with Crippen molar-refractivity contribution in [3.8, 4) is 0 Å². The molecule has 7 heteroatoms. The Hall–Kier alpha value is -0.470. The molecule has 2 rings (SSSR count). The molecule has 1 aliphatic rings. The van der Waals surface area contributed by atoms with Crippen LogP contribution in [0.3, 0.4) is 0 Å². The summed E-state index contributed by atoms with van der Waals surface area (Å²) < 4.78 is 33.4. The maximum Gasteiger partial charge on any atom is 0.250 e. The normalized spacial score (nSPS) is 19.1. The fourth-order valence-corrected chi connectivity index (χ4v) is 4.93. The maximum atomic E-state index is 12.4. The summed E-state index contributed by atoms with van der Waals surface area (Å²) in [5.41, 5.74) is -0.400. The zero-order valence-corrected chi connectivity index (χ0v) is 13.6. The van der Waals surface area contributed by atoms with Crippen LogP contribution in [-0.2, 0) is 21.3 Å². The van der Waals surface area contributed by atoms with Gasteiger partial charge in [0, 0.05) is 30.2 Å². The number of nitrogens with one attached hydrogen (secondary N) is 2. The summed E-state index contributed by atoms with van der Waals surface area (Å²) in [5.74, 6) is 0. The standard InChI is InChI=1S/C13H22N2O3S2/c1-3-14-10-11-4-5-12(19-11)20(16,17)15-13(2)6-8-18-9-7-13/h4-5,14-15H,3,6-10H2,1-2H3. The van der Waals surface area contributed by atoms with Crippen LogP contribution in [0.1, 0.15) is 31.6 Å². The SMILES string of the molecule is CCNCc1ccc(S(=O)(=O)NC2(C)CCOCC2)s1. The minimum atomic E-state index is -3.44. The summed E-state index contributed by atoms with van der Waals surface area (Å²) in [5, 5.41) is 3.20. The highest BCUT2D eigenvalue weighted by Gasteiger charge is 2.33. The van der Waals surface area contributed by atoms with Crippen LogP contribution in [-0.4, -0.2) is 33.7 Å². The van der Waals surface area contributed by atoms with E-state index < -0.39 is 15.6 Å². The Morgan fingerprint density at radius 2 is 2.05 bits per heavy atom. The Kier molecular flexibility index (Phi) is 5.19. The van der Waals surface area contributed by atoms with Gasteiger partial charge in [-0.05, 0) is 38.4 Å². The highest BCUT2D eigenvalue weighted by atomic mass is 32.2. The average molecular weight is 318 g/mol. The molecule has 0 bridgehead atoms. The summed E-state index contributed by atoms with van der Waals surface area (Å²) >= 11 is 1.32. The molecular weight excluding hydrogens is 296 g/mol. The molecule has 0 amide bonds. The number of hydrogen-bond donors (Lipinski definition) is 2. The second-order valence-electron chi connectivity index (χ2n) is 5.28. The highest BCUT2D eigenvalue weighted by molar-refractivity contribution is 7.91. The van der Waals surface area contributed by atoms with E-state index in [4.69, 9.17) is 4.74 Å². The van der Waals surface area contributed by atoms with Crippen LogP contribution in [0.15, 0.2) is 16.3 Å². The first-order chi connectivity index (χ1) is 9.45. The molecule has 2 heterocycles. The predicted octanol–water partition coefficient (Wildman–Crippen LogP) is 1.70. The van der Waals surface area contributed by atoms with E-state index in [0.717, 1.165) is 11.4 Å². The number of thiophene rings is 1. The van der Waals surface area contributed by atoms with E-state index in [-0.39, 0.29) is 0 Å². The smallest absolute Gasteiger partial charge is 0.250 e. The first-order valence-electron chi connectivity index (χ1n) is 6.86. The van der Waals surface area contributed by atoms with Crippen molar-refractivity contribution in [2.45, 2.75) is 43.0 Å². The quantitative estimate of drug-likeness (QED) is 0.838. The third-order valence-corrected chi connectivity index (χ3v) is 6.64. The van der Waals surface area contributed by atoms with Gasteiger partial charge in [0.25, 0.3) is 10.0 Å². The monoisotopic (exact) mass is 318 g/mol. The lowest BCUT2D eigenvalue weighted by atomic mass is 9.94. The molecule has 0 spiro atoms. The Labute approximate surface area is 124 Å². The number of rotatable bonds is 6. The largest absolute Gasteiger partial charge is 0.381 e. The van der Waals surface area contributed by atoms with Gasteiger partial charge in [0.05, 0.1) is 0 Å². The van der Waals surface area contributed by atoms with Gasteiger partial charge in [-0.2, -0.15) is 0 Å². The molecule has 114 valence electrons. The molecule has 2 N–H and O–H groups in total. The van der Waals surface area contributed by atoms with Crippen molar-refractivity contribution in [2.75, 3.05) is 19.8 Å². The Morgan fingerprint density at radius 1 is 1.35 bits per heavy atom. The molecule has 5 nitrogen and oxygen atoms in total. The van der Waals surface area contributed by atoms with Crippen LogP contribution >= 0.6 is 11.3 Å². The number of hydrogen-bond acceptors (Lipinski definition) is 5. The van der Waals surface area contributed by atoms with E-state index in [2.05, 4.69) is 10.0 Å². The topological polar surface area (TPSA) is 67.4 Å². The lowest BCUT2D eigenvalue weighted by molar-refractivity contribution is 0.0538. The van der Waals surface area contributed by atoms with E-state index in [0.29, 0.717) is 36.8 Å². The summed E-state index contributed by atoms with van der Waals surface area (Å²) in [6, 6.07) is 3.55. The lowest BCUT2D eigenvalue weighted by Crippen LogP contribution is -2.49. The molecule has 1 aliphatic heterocycles. The van der Waals surface area contributed by atoms with Crippen molar-refractivity contribution < 1.29 is 13.2 Å². The van der Waals surface area contributed by atoms with Crippen LogP contribution in [0.4, 0.5) is 0 Å². The van der Waals surface area contributed by atoms with Gasteiger partial charge >= 0.3 is 0 Å². The Morgan fingerprint density at radius 3 is 2.70 bits per heavy atom. The molecule has 0 unspecified atom stereocenters. The van der Waals surface area contributed by atoms with E-state index in [1.807, 2.05) is 19.9 Å². The Bertz CT molecular complexity index is 534. The van der Waals surface area contributed by atoms with E-state index in [1.54, 1.807) is 6.07 Å². The molecular formula is C13H22N2O3S2. The third kappa shape index (κ3) is 4.02. The van der Waals surface area contributed by atoms with Crippen LogP contribution in [0, 0.1) is 0 Å². The van der Waals surface area contributed by atoms with Gasteiger partial charge in [0.2, 0.25) is 0 Å². The van der Waals surface area contributed by atoms with Gasteiger partial charge in [-0.1, -0.05) is 6.92 Å². The zero-order chi connectivity index (χ0) is 14.6. The summed E-state index contributed by atoms with van der Waals surface area (Å²) in [6.07, 6.45) is 1.42. The molecule has 1 aromatic heterocycles. The van der Waals surface area contributed by atoms with E-state index in [1.165, 1.54) is 11.3 Å². The molecule has 1 saturated heterocycles. The minimum Gasteiger partial charge on any atom is -0.381 e. The molecule has 0 aliphatic carbocycles. The molecule has 0 radical (unpaired) electrons. The van der Waals surface area contributed by atoms with Crippen LogP contribution < -0.4 is 10.0 Å². The molecule has 1 fully saturated rings. The van der Waals surface area contributed by atoms with Gasteiger partial charge in [-0.3, -0.25) is 0 Å². The highest BCUT2D eigenvalue weighted by Crippen LogP contribution is 2.26. The fraction of sp³-hybridized carbons (Fsp3) is 0.692. The van der Waals surface area contributed by atoms with Crippen molar-refractivity contribution in [3.63, 3.8) is 0 Å². The molecule has 20 heavy (non-hydrogen) atoms. The van der Waals surface area contributed by atoms with E-state index >= 15 is 0 Å². The Balaban J connectivity index is 2.07. The van der Waals surface area contributed by atoms with Gasteiger partial charge in [0.1, 0.15) is 4.21 Å². The van der Waals surface area contributed by atoms with Crippen molar-refractivity contribution in [1.29, 1.82) is 0 Å². The summed E-state index contributed by atoms with van der Waals surface area (Å²) in [6.45, 7) is 6.77. The summed E-state index contributed by atoms with van der Waals surface area (Å²) in [7, 11) is -3.44. The fourth-order valence-electron chi connectivity index (χ4n) is 2.14. The predicted molar refractivity (Wildman–Crippen MR) is 80.5 cm³/mol. The van der Waals surface area contributed by atoms with Crippen molar-refractivity contribution >= 4 is 21.4 Å². The second-order valence-corrected chi connectivity index (χ2v) is 8.36. The van der Waals surface area contributed by atoms with Gasteiger partial charge in [-0.25, -0.2) is 13.1 Å². The van der Waals surface area contributed by atoms with Gasteiger partial charge < -0.3 is 10.1 Å². The number of ether oxygens (including phenoxy) is 1. The van der Waals surface area contributed by atoms with Crippen molar-refractivity contribution in [2.24, 2.45) is 0 Å². The zero-order valence-electron chi connectivity index (χ0n) is 11.9. The first kappa shape index (κ1) is 15.9. The first-order valence-corrected chi connectivity index (χ1v) is 9.16. The van der Waals surface area contributed by atoms with Gasteiger partial charge in [-0.15, -0.1) is 11.3 Å². The third-order valence-electron chi connectivity index (χ3n) is 3.43. The molecule has 0 saturated carbocycles. The molecule has 1 aromatic rings. The van der Waals surface area contributed by atoms with E-state index in [9.17, 15) is 8.42 Å². The average Bonchev–Trinajstić information content (AvgIpc) is 2.85. The summed E-state index contributed by atoms with van der Waals surface area (Å²) in [4.78, 5) is 1.03. The van der Waals surface area contributed by atoms with Crippen LogP contribution in [0.5, 0.6) is 0 Å². The maximum absolute atomic E-state index is 12.4. The molecule has 0 atom stereocenters. The second kappa shape index (κ2) is 6.53. The number of sulfonamides is 1. The van der Waals surface area contributed by atoms with Crippen LogP contribution in [0.25, 0.3) is 0 Å².